The predicted octanol–water partition coefficient (Wildman–Crippen LogP) is 5.31. The minimum absolute atomic E-state index is 0.120. The van der Waals surface area contributed by atoms with E-state index in [1.165, 1.54) is 12.1 Å². The molecule has 0 N–H and O–H groups in total. The van der Waals surface area contributed by atoms with Gasteiger partial charge in [-0.25, -0.2) is 8.78 Å². The molecule has 0 spiro atoms. The maximum absolute atomic E-state index is 13.6. The standard InChI is InChI=1S/C15H12BrClF2O/c1-20-15-5-3-9(7-13(15)17)12(16)6-10-2-4-11(18)8-14(10)19/h2-5,7-8,12H,6H2,1H3. The molecule has 0 saturated heterocycles. The third-order valence-corrected chi connectivity index (χ3v) is 4.10. The van der Waals surface area contributed by atoms with Gasteiger partial charge < -0.3 is 4.74 Å². The van der Waals surface area contributed by atoms with E-state index in [1.54, 1.807) is 19.2 Å². The van der Waals surface area contributed by atoms with Crippen LogP contribution in [0.15, 0.2) is 36.4 Å². The van der Waals surface area contributed by atoms with E-state index >= 15 is 0 Å². The zero-order valence-electron chi connectivity index (χ0n) is 10.7. The molecule has 0 aromatic heterocycles. The summed E-state index contributed by atoms with van der Waals surface area (Å²) in [6.45, 7) is 0. The Morgan fingerprint density at radius 3 is 2.55 bits per heavy atom. The molecule has 5 heteroatoms. The van der Waals surface area contributed by atoms with Crippen molar-refractivity contribution in [3.63, 3.8) is 0 Å². The Labute approximate surface area is 129 Å². The molecule has 2 rings (SSSR count). The second kappa shape index (κ2) is 6.55. The highest BCUT2D eigenvalue weighted by Gasteiger charge is 2.14. The fourth-order valence-corrected chi connectivity index (χ4v) is 2.78. The smallest absolute Gasteiger partial charge is 0.137 e. The quantitative estimate of drug-likeness (QED) is 0.671. The van der Waals surface area contributed by atoms with Crippen molar-refractivity contribution in [1.29, 1.82) is 0 Å². The van der Waals surface area contributed by atoms with Gasteiger partial charge in [0.2, 0.25) is 0 Å². The first-order valence-corrected chi connectivity index (χ1v) is 7.22. The van der Waals surface area contributed by atoms with Crippen LogP contribution in [0.25, 0.3) is 0 Å². The molecule has 106 valence electrons. The first-order valence-electron chi connectivity index (χ1n) is 5.92. The second-order valence-electron chi connectivity index (χ2n) is 4.30. The van der Waals surface area contributed by atoms with Gasteiger partial charge in [0.25, 0.3) is 0 Å². The molecule has 2 aromatic carbocycles. The summed E-state index contributed by atoms with van der Waals surface area (Å²) in [6.07, 6.45) is 0.398. The van der Waals surface area contributed by atoms with E-state index < -0.39 is 11.6 Å². The predicted molar refractivity (Wildman–Crippen MR) is 79.7 cm³/mol. The van der Waals surface area contributed by atoms with Crippen LogP contribution in [0.4, 0.5) is 8.78 Å². The fraction of sp³-hybridized carbons (Fsp3) is 0.200. The molecular formula is C15H12BrClF2O. The maximum Gasteiger partial charge on any atom is 0.137 e. The van der Waals surface area contributed by atoms with E-state index in [-0.39, 0.29) is 4.83 Å². The minimum Gasteiger partial charge on any atom is -0.495 e. The van der Waals surface area contributed by atoms with Crippen molar-refractivity contribution in [2.24, 2.45) is 0 Å². The number of halogens is 4. The number of benzene rings is 2. The molecule has 0 heterocycles. The minimum atomic E-state index is -0.579. The summed E-state index contributed by atoms with van der Waals surface area (Å²) in [5, 5.41) is 0.494. The summed E-state index contributed by atoms with van der Waals surface area (Å²) in [7, 11) is 1.54. The highest BCUT2D eigenvalue weighted by molar-refractivity contribution is 9.09. The van der Waals surface area contributed by atoms with Gasteiger partial charge in [0.05, 0.1) is 12.1 Å². The molecule has 2 aromatic rings. The zero-order valence-corrected chi connectivity index (χ0v) is 13.0. The Hall–Kier alpha value is -1.13. The number of ether oxygens (including phenoxy) is 1. The van der Waals surface area contributed by atoms with Crippen LogP contribution in [-0.2, 0) is 6.42 Å². The molecule has 0 bridgehead atoms. The van der Waals surface area contributed by atoms with Gasteiger partial charge in [-0.1, -0.05) is 39.7 Å². The summed E-state index contributed by atoms with van der Waals surface area (Å²) in [5.41, 5.74) is 1.35. The van der Waals surface area contributed by atoms with Crippen molar-refractivity contribution < 1.29 is 13.5 Å². The van der Waals surface area contributed by atoms with Crippen LogP contribution in [0.3, 0.4) is 0 Å². The van der Waals surface area contributed by atoms with Crippen LogP contribution in [0.2, 0.25) is 5.02 Å². The third-order valence-electron chi connectivity index (χ3n) is 2.95. The Kier molecular flexibility index (Phi) is 5.00. The first kappa shape index (κ1) is 15.3. The van der Waals surface area contributed by atoms with Gasteiger partial charge in [-0.2, -0.15) is 0 Å². The molecule has 0 aliphatic heterocycles. The van der Waals surface area contributed by atoms with E-state index in [2.05, 4.69) is 15.9 Å². The number of hydrogen-bond acceptors (Lipinski definition) is 1. The Morgan fingerprint density at radius 1 is 1.20 bits per heavy atom. The zero-order chi connectivity index (χ0) is 14.7. The topological polar surface area (TPSA) is 9.23 Å². The molecule has 1 nitrogen and oxygen atoms in total. The molecule has 0 saturated carbocycles. The summed E-state index contributed by atoms with van der Waals surface area (Å²) in [6, 6.07) is 8.96. The Balaban J connectivity index is 2.19. The van der Waals surface area contributed by atoms with Gasteiger partial charge in [-0.15, -0.1) is 0 Å². The lowest BCUT2D eigenvalue weighted by Crippen LogP contribution is -1.99. The lowest BCUT2D eigenvalue weighted by molar-refractivity contribution is 0.415. The largest absolute Gasteiger partial charge is 0.495 e. The van der Waals surface area contributed by atoms with Crippen molar-refractivity contribution >= 4 is 27.5 Å². The van der Waals surface area contributed by atoms with Gasteiger partial charge in [-0.3, -0.25) is 0 Å². The monoisotopic (exact) mass is 360 g/mol. The molecule has 1 unspecified atom stereocenters. The van der Waals surface area contributed by atoms with Crippen molar-refractivity contribution in [3.05, 3.63) is 64.2 Å². The van der Waals surface area contributed by atoms with Gasteiger partial charge in [-0.05, 0) is 35.7 Å². The van der Waals surface area contributed by atoms with Gasteiger partial charge in [0.1, 0.15) is 17.4 Å². The summed E-state index contributed by atoms with van der Waals surface area (Å²) in [5.74, 6) is -0.540. The van der Waals surface area contributed by atoms with Crippen molar-refractivity contribution in [1.82, 2.24) is 0 Å². The number of alkyl halides is 1. The highest BCUT2D eigenvalue weighted by atomic mass is 79.9. The summed E-state index contributed by atoms with van der Waals surface area (Å²) >= 11 is 9.56. The molecule has 0 radical (unpaired) electrons. The average molecular weight is 362 g/mol. The highest BCUT2D eigenvalue weighted by Crippen LogP contribution is 2.33. The van der Waals surface area contributed by atoms with E-state index in [9.17, 15) is 8.78 Å². The normalized spacial score (nSPS) is 12.2. The van der Waals surface area contributed by atoms with Gasteiger partial charge in [0, 0.05) is 10.9 Å². The van der Waals surface area contributed by atoms with E-state index in [4.69, 9.17) is 16.3 Å². The lowest BCUT2D eigenvalue weighted by Gasteiger charge is -2.13. The van der Waals surface area contributed by atoms with Crippen LogP contribution < -0.4 is 4.74 Å². The lowest BCUT2D eigenvalue weighted by atomic mass is 10.0. The SMILES string of the molecule is COc1ccc(C(Br)Cc2ccc(F)cc2F)cc1Cl. The molecule has 0 fully saturated rings. The van der Waals surface area contributed by atoms with E-state index in [1.807, 2.05) is 6.07 Å². The van der Waals surface area contributed by atoms with Gasteiger partial charge in [0.15, 0.2) is 0 Å². The van der Waals surface area contributed by atoms with Crippen LogP contribution in [0.1, 0.15) is 16.0 Å². The average Bonchev–Trinajstić information content (AvgIpc) is 2.41. The van der Waals surface area contributed by atoms with Crippen molar-refractivity contribution in [3.8, 4) is 5.75 Å². The van der Waals surface area contributed by atoms with Crippen LogP contribution in [0, 0.1) is 11.6 Å². The van der Waals surface area contributed by atoms with Crippen LogP contribution >= 0.6 is 27.5 Å². The number of methoxy groups -OCH3 is 1. The molecule has 1 atom stereocenters. The van der Waals surface area contributed by atoms with E-state index in [0.29, 0.717) is 22.8 Å². The number of rotatable bonds is 4. The maximum atomic E-state index is 13.6. The Bertz CT molecular complexity index is 619. The van der Waals surface area contributed by atoms with Gasteiger partial charge >= 0.3 is 0 Å². The van der Waals surface area contributed by atoms with Crippen LogP contribution in [-0.4, -0.2) is 7.11 Å². The molecule has 20 heavy (non-hydrogen) atoms. The second-order valence-corrected chi connectivity index (χ2v) is 5.81. The molecular weight excluding hydrogens is 350 g/mol. The number of hydrogen-bond donors (Lipinski definition) is 0. The van der Waals surface area contributed by atoms with Crippen molar-refractivity contribution in [2.75, 3.05) is 7.11 Å². The first-order chi connectivity index (χ1) is 9.51. The fourth-order valence-electron chi connectivity index (χ4n) is 1.88. The molecule has 0 aliphatic carbocycles. The van der Waals surface area contributed by atoms with Crippen LogP contribution in [0.5, 0.6) is 5.75 Å². The van der Waals surface area contributed by atoms with E-state index in [0.717, 1.165) is 11.6 Å². The van der Waals surface area contributed by atoms with Crippen molar-refractivity contribution in [2.45, 2.75) is 11.2 Å². The third kappa shape index (κ3) is 3.49. The molecule has 0 amide bonds. The Morgan fingerprint density at radius 2 is 1.95 bits per heavy atom. The molecule has 0 aliphatic rings. The summed E-state index contributed by atoms with van der Waals surface area (Å²) < 4.78 is 31.6. The summed E-state index contributed by atoms with van der Waals surface area (Å²) in [4.78, 5) is -0.120.